The molecular weight excluding hydrogens is 380 g/mol. The van der Waals surface area contributed by atoms with Gasteiger partial charge in [0.25, 0.3) is 10.0 Å². The van der Waals surface area contributed by atoms with Crippen molar-refractivity contribution >= 4 is 27.3 Å². The Labute approximate surface area is 168 Å². The minimum Gasteiger partial charge on any atom is -0.370 e. The number of nitrogens with one attached hydrogen (secondary N) is 1. The number of hydrogen-bond donors (Lipinski definition) is 2. The van der Waals surface area contributed by atoms with Gasteiger partial charge in [0.1, 0.15) is 4.21 Å². The lowest BCUT2D eigenvalue weighted by atomic mass is 10.0. The van der Waals surface area contributed by atoms with Crippen LogP contribution in [0.2, 0.25) is 0 Å². The maximum atomic E-state index is 12.7. The number of sulfonamides is 1. The van der Waals surface area contributed by atoms with Gasteiger partial charge in [-0.1, -0.05) is 33.1 Å². The van der Waals surface area contributed by atoms with Crippen molar-refractivity contribution in [2.24, 2.45) is 16.6 Å². The molecule has 0 bridgehead atoms. The summed E-state index contributed by atoms with van der Waals surface area (Å²) < 4.78 is 27.4. The molecule has 0 aliphatic carbocycles. The maximum absolute atomic E-state index is 12.7. The van der Waals surface area contributed by atoms with Gasteiger partial charge in [-0.25, -0.2) is 13.4 Å². The van der Waals surface area contributed by atoms with Gasteiger partial charge < -0.3 is 11.1 Å². The molecule has 1 aliphatic heterocycles. The van der Waals surface area contributed by atoms with Crippen LogP contribution in [0.3, 0.4) is 0 Å². The van der Waals surface area contributed by atoms with Crippen molar-refractivity contribution in [3.05, 3.63) is 17.0 Å². The van der Waals surface area contributed by atoms with E-state index in [1.807, 2.05) is 6.07 Å². The van der Waals surface area contributed by atoms with Crippen molar-refractivity contribution < 1.29 is 8.42 Å². The van der Waals surface area contributed by atoms with Crippen LogP contribution in [-0.4, -0.2) is 37.8 Å². The summed E-state index contributed by atoms with van der Waals surface area (Å²) in [5.41, 5.74) is 5.98. The van der Waals surface area contributed by atoms with Gasteiger partial charge in [0.05, 0.1) is 6.54 Å². The fraction of sp³-hybridized carbons (Fsp3) is 0.737. The fourth-order valence-corrected chi connectivity index (χ4v) is 6.13. The summed E-state index contributed by atoms with van der Waals surface area (Å²) in [6.45, 7) is 8.22. The van der Waals surface area contributed by atoms with E-state index in [2.05, 4.69) is 31.1 Å². The quantitative estimate of drug-likeness (QED) is 0.478. The maximum Gasteiger partial charge on any atom is 0.252 e. The highest BCUT2D eigenvalue weighted by Gasteiger charge is 2.27. The lowest BCUT2D eigenvalue weighted by Gasteiger charge is -2.25. The number of guanidine groups is 1. The van der Waals surface area contributed by atoms with Crippen molar-refractivity contribution in [2.75, 3.05) is 13.1 Å². The average molecular weight is 415 g/mol. The molecule has 3 N–H and O–H groups in total. The Bertz CT molecular complexity index is 707. The first-order chi connectivity index (χ1) is 12.8. The van der Waals surface area contributed by atoms with E-state index in [9.17, 15) is 8.42 Å². The molecule has 0 spiro atoms. The Hall–Kier alpha value is -1.12. The lowest BCUT2D eigenvalue weighted by molar-refractivity contribution is 0.347. The van der Waals surface area contributed by atoms with Crippen LogP contribution in [0.5, 0.6) is 0 Å². The van der Waals surface area contributed by atoms with Crippen molar-refractivity contribution in [3.8, 4) is 0 Å². The van der Waals surface area contributed by atoms with Gasteiger partial charge >= 0.3 is 0 Å². The molecule has 0 saturated carbocycles. The van der Waals surface area contributed by atoms with Gasteiger partial charge in [-0.05, 0) is 44.2 Å². The molecule has 1 fully saturated rings. The van der Waals surface area contributed by atoms with Crippen LogP contribution in [-0.2, 0) is 16.6 Å². The summed E-state index contributed by atoms with van der Waals surface area (Å²) in [6.07, 6.45) is 6.44. The number of nitrogens with two attached hydrogens (primary N) is 1. The van der Waals surface area contributed by atoms with Gasteiger partial charge in [0, 0.05) is 24.0 Å². The first kappa shape index (κ1) is 22.2. The average Bonchev–Trinajstić information content (AvgIpc) is 3.10. The van der Waals surface area contributed by atoms with E-state index >= 15 is 0 Å². The van der Waals surface area contributed by atoms with E-state index in [1.54, 1.807) is 10.4 Å². The Morgan fingerprint density at radius 3 is 2.59 bits per heavy atom. The minimum atomic E-state index is -3.36. The molecule has 1 aromatic rings. The predicted octanol–water partition coefficient (Wildman–Crippen LogP) is 3.54. The van der Waals surface area contributed by atoms with Crippen LogP contribution in [0.4, 0.5) is 0 Å². The molecular formula is C19H34N4O2S2. The molecule has 0 amide bonds. The van der Waals surface area contributed by atoms with Crippen molar-refractivity contribution in [1.82, 2.24) is 9.62 Å². The number of hydrogen-bond acceptors (Lipinski definition) is 4. The number of thiophene rings is 1. The molecule has 1 aromatic heterocycles. The summed E-state index contributed by atoms with van der Waals surface area (Å²) in [5, 5.41) is 3.22. The van der Waals surface area contributed by atoms with Crippen molar-refractivity contribution in [3.63, 3.8) is 0 Å². The van der Waals surface area contributed by atoms with Gasteiger partial charge in [0.2, 0.25) is 0 Å². The smallest absolute Gasteiger partial charge is 0.252 e. The standard InChI is InChI=1S/C19H34N4O2S2/c1-15(2)8-7-9-16(3)22-19(20)21-14-17-10-11-18(26-17)27(24,25)23-12-5-4-6-13-23/h10-11,15-16H,4-9,12-14H2,1-3H3,(H3,20,21,22). The van der Waals surface area contributed by atoms with Gasteiger partial charge in [-0.2, -0.15) is 4.31 Å². The lowest BCUT2D eigenvalue weighted by Crippen LogP contribution is -2.38. The fourth-order valence-electron chi connectivity index (χ4n) is 3.18. The zero-order valence-electron chi connectivity index (χ0n) is 16.8. The van der Waals surface area contributed by atoms with E-state index in [1.165, 1.54) is 24.2 Å². The summed E-state index contributed by atoms with van der Waals surface area (Å²) in [4.78, 5) is 5.28. The van der Waals surface area contributed by atoms with Crippen LogP contribution in [0, 0.1) is 5.92 Å². The summed E-state index contributed by atoms with van der Waals surface area (Å²) in [6, 6.07) is 3.81. The Balaban J connectivity index is 1.86. The second kappa shape index (κ2) is 10.4. The van der Waals surface area contributed by atoms with Crippen LogP contribution >= 0.6 is 11.3 Å². The number of aliphatic imine (C=N–C) groups is 1. The third-order valence-electron chi connectivity index (χ3n) is 4.76. The van der Waals surface area contributed by atoms with E-state index in [-0.39, 0.29) is 6.04 Å². The highest BCUT2D eigenvalue weighted by molar-refractivity contribution is 7.91. The molecule has 1 atom stereocenters. The Morgan fingerprint density at radius 2 is 1.93 bits per heavy atom. The van der Waals surface area contributed by atoms with Gasteiger partial charge in [0.15, 0.2) is 5.96 Å². The third-order valence-corrected chi connectivity index (χ3v) is 8.20. The molecule has 6 nitrogen and oxygen atoms in total. The normalized spacial score (nSPS) is 18.0. The molecule has 8 heteroatoms. The molecule has 0 aromatic carbocycles. The van der Waals surface area contributed by atoms with E-state index < -0.39 is 10.0 Å². The molecule has 2 rings (SSSR count). The van der Waals surface area contributed by atoms with Crippen LogP contribution in [0.15, 0.2) is 21.3 Å². The SMILES string of the molecule is CC(C)CCCC(C)NC(N)=NCc1ccc(S(=O)(=O)N2CCCCC2)s1. The number of rotatable bonds is 9. The Morgan fingerprint density at radius 1 is 1.22 bits per heavy atom. The summed E-state index contributed by atoms with van der Waals surface area (Å²) in [7, 11) is -3.36. The number of nitrogens with zero attached hydrogens (tertiary/aromatic N) is 2. The van der Waals surface area contributed by atoms with Crippen LogP contribution in [0.1, 0.15) is 64.2 Å². The largest absolute Gasteiger partial charge is 0.370 e. The molecule has 0 radical (unpaired) electrons. The molecule has 154 valence electrons. The predicted molar refractivity (Wildman–Crippen MR) is 114 cm³/mol. The molecule has 1 saturated heterocycles. The van der Waals surface area contributed by atoms with Crippen LogP contribution < -0.4 is 11.1 Å². The second-order valence-corrected chi connectivity index (χ2v) is 11.1. The first-order valence-electron chi connectivity index (χ1n) is 9.94. The van der Waals surface area contributed by atoms with E-state index in [0.29, 0.717) is 29.8 Å². The third kappa shape index (κ3) is 7.08. The highest BCUT2D eigenvalue weighted by Crippen LogP contribution is 2.27. The minimum absolute atomic E-state index is 0.283. The molecule has 1 aliphatic rings. The van der Waals surface area contributed by atoms with Crippen molar-refractivity contribution in [1.29, 1.82) is 0 Å². The Kier molecular flexibility index (Phi) is 8.57. The first-order valence-corrected chi connectivity index (χ1v) is 12.2. The zero-order valence-corrected chi connectivity index (χ0v) is 18.4. The van der Waals surface area contributed by atoms with Crippen LogP contribution in [0.25, 0.3) is 0 Å². The molecule has 27 heavy (non-hydrogen) atoms. The highest BCUT2D eigenvalue weighted by atomic mass is 32.2. The van der Waals surface area contributed by atoms with Gasteiger partial charge in [-0.15, -0.1) is 11.3 Å². The molecule has 1 unspecified atom stereocenters. The van der Waals surface area contributed by atoms with Crippen molar-refractivity contribution in [2.45, 2.75) is 76.1 Å². The summed E-state index contributed by atoms with van der Waals surface area (Å²) in [5.74, 6) is 1.14. The van der Waals surface area contributed by atoms with E-state index in [0.717, 1.165) is 36.5 Å². The van der Waals surface area contributed by atoms with Gasteiger partial charge in [-0.3, -0.25) is 0 Å². The van der Waals surface area contributed by atoms with E-state index in [4.69, 9.17) is 5.73 Å². The monoisotopic (exact) mass is 414 g/mol. The topological polar surface area (TPSA) is 87.8 Å². The summed E-state index contributed by atoms with van der Waals surface area (Å²) >= 11 is 1.29. The second-order valence-electron chi connectivity index (χ2n) is 7.76. The molecule has 2 heterocycles. The zero-order chi connectivity index (χ0) is 19.9. The number of piperidine rings is 1.